The average Bonchev–Trinajstić information content (AvgIpc) is 2.96. The zero-order chi connectivity index (χ0) is 21.1. The van der Waals surface area contributed by atoms with Crippen molar-refractivity contribution in [1.82, 2.24) is 4.57 Å². The number of benzene rings is 2. The molecule has 0 spiro atoms. The van der Waals surface area contributed by atoms with Gasteiger partial charge in [-0.15, -0.1) is 0 Å². The minimum absolute atomic E-state index is 0.0804. The third-order valence-electron chi connectivity index (χ3n) is 5.15. The largest absolute Gasteiger partial charge is 0.321 e. The number of carbonyl (C=O) groups excluding carboxylic acids is 1. The van der Waals surface area contributed by atoms with Crippen LogP contribution in [0.2, 0.25) is 0 Å². The maximum atomic E-state index is 12.8. The number of nitriles is 1. The van der Waals surface area contributed by atoms with Crippen LogP contribution in [0.5, 0.6) is 0 Å². The standard InChI is InChI=1S/C25H25N3O/c1-16-9-11-23(12-10-16)28-19(4)13-21(20(28)5)14-22(15-26)25(29)27-24-17(2)7-6-8-18(24)3/h6-14H,1-5H3,(H,27,29). The van der Waals surface area contributed by atoms with E-state index in [4.69, 9.17) is 0 Å². The Morgan fingerprint density at radius 1 is 1.00 bits per heavy atom. The molecule has 0 radical (unpaired) electrons. The fraction of sp³-hybridized carbons (Fsp3) is 0.200. The molecule has 0 fully saturated rings. The van der Waals surface area contributed by atoms with Crippen LogP contribution < -0.4 is 5.32 Å². The number of para-hydroxylation sites is 1. The van der Waals surface area contributed by atoms with Crippen LogP contribution in [-0.2, 0) is 4.79 Å². The lowest BCUT2D eigenvalue weighted by atomic mass is 10.1. The monoisotopic (exact) mass is 383 g/mol. The Labute approximate surface area is 172 Å². The lowest BCUT2D eigenvalue weighted by molar-refractivity contribution is -0.112. The quantitative estimate of drug-likeness (QED) is 0.473. The van der Waals surface area contributed by atoms with E-state index in [0.717, 1.165) is 39.5 Å². The second-order valence-corrected chi connectivity index (χ2v) is 7.39. The van der Waals surface area contributed by atoms with Crippen LogP contribution in [0.3, 0.4) is 0 Å². The van der Waals surface area contributed by atoms with Crippen molar-refractivity contribution in [1.29, 1.82) is 5.26 Å². The molecule has 3 rings (SSSR count). The first kappa shape index (κ1) is 20.2. The molecular formula is C25H25N3O. The van der Waals surface area contributed by atoms with Crippen molar-refractivity contribution in [2.45, 2.75) is 34.6 Å². The Kier molecular flexibility index (Phi) is 5.70. The van der Waals surface area contributed by atoms with Crippen LogP contribution in [0.25, 0.3) is 11.8 Å². The Morgan fingerprint density at radius 3 is 2.21 bits per heavy atom. The predicted molar refractivity (Wildman–Crippen MR) is 118 cm³/mol. The fourth-order valence-corrected chi connectivity index (χ4v) is 3.52. The smallest absolute Gasteiger partial charge is 0.266 e. The van der Waals surface area contributed by atoms with Crippen molar-refractivity contribution in [2.24, 2.45) is 0 Å². The first-order valence-corrected chi connectivity index (χ1v) is 9.57. The van der Waals surface area contributed by atoms with E-state index in [1.165, 1.54) is 5.56 Å². The van der Waals surface area contributed by atoms with Gasteiger partial charge in [0.2, 0.25) is 0 Å². The maximum Gasteiger partial charge on any atom is 0.266 e. The predicted octanol–water partition coefficient (Wildman–Crippen LogP) is 5.57. The zero-order valence-corrected chi connectivity index (χ0v) is 17.5. The van der Waals surface area contributed by atoms with Gasteiger partial charge in [-0.3, -0.25) is 4.79 Å². The normalized spacial score (nSPS) is 11.2. The summed E-state index contributed by atoms with van der Waals surface area (Å²) in [7, 11) is 0. The second-order valence-electron chi connectivity index (χ2n) is 7.39. The summed E-state index contributed by atoms with van der Waals surface area (Å²) in [5.74, 6) is -0.398. The molecule has 4 nitrogen and oxygen atoms in total. The van der Waals surface area contributed by atoms with Crippen molar-refractivity contribution >= 4 is 17.7 Å². The summed E-state index contributed by atoms with van der Waals surface area (Å²) in [6.45, 7) is 9.95. The molecule has 1 amide bonds. The first-order chi connectivity index (χ1) is 13.8. The van der Waals surface area contributed by atoms with Gasteiger partial charge in [0.05, 0.1) is 0 Å². The molecule has 1 N–H and O–H groups in total. The molecule has 29 heavy (non-hydrogen) atoms. The van der Waals surface area contributed by atoms with Gasteiger partial charge in [0.25, 0.3) is 5.91 Å². The van der Waals surface area contributed by atoms with E-state index in [1.54, 1.807) is 6.08 Å². The van der Waals surface area contributed by atoms with Crippen LogP contribution >= 0.6 is 0 Å². The van der Waals surface area contributed by atoms with E-state index in [9.17, 15) is 10.1 Å². The summed E-state index contributed by atoms with van der Waals surface area (Å²) in [5, 5.41) is 12.5. The number of aromatic nitrogens is 1. The number of aryl methyl sites for hydroxylation is 4. The molecule has 146 valence electrons. The lowest BCUT2D eigenvalue weighted by Gasteiger charge is -2.11. The molecule has 2 aromatic carbocycles. The van der Waals surface area contributed by atoms with E-state index >= 15 is 0 Å². The van der Waals surface area contributed by atoms with Gasteiger partial charge in [-0.25, -0.2) is 0 Å². The van der Waals surface area contributed by atoms with E-state index in [0.29, 0.717) is 0 Å². The van der Waals surface area contributed by atoms with Gasteiger partial charge in [0.1, 0.15) is 11.6 Å². The summed E-state index contributed by atoms with van der Waals surface area (Å²) < 4.78 is 2.13. The zero-order valence-electron chi connectivity index (χ0n) is 17.5. The van der Waals surface area contributed by atoms with Crippen molar-refractivity contribution in [3.8, 4) is 11.8 Å². The van der Waals surface area contributed by atoms with Crippen LogP contribution in [-0.4, -0.2) is 10.5 Å². The van der Waals surface area contributed by atoms with Crippen LogP contribution in [0.4, 0.5) is 5.69 Å². The lowest BCUT2D eigenvalue weighted by Crippen LogP contribution is -2.15. The third kappa shape index (κ3) is 4.14. The number of hydrogen-bond donors (Lipinski definition) is 1. The van der Waals surface area contributed by atoms with Gasteiger partial charge in [-0.05, 0) is 75.6 Å². The Bertz CT molecular complexity index is 1120. The average molecular weight is 383 g/mol. The van der Waals surface area contributed by atoms with Gasteiger partial charge >= 0.3 is 0 Å². The second kappa shape index (κ2) is 8.20. The van der Waals surface area contributed by atoms with E-state index < -0.39 is 5.91 Å². The number of carbonyl (C=O) groups is 1. The number of anilines is 1. The molecule has 0 bridgehead atoms. The summed E-state index contributed by atoms with van der Waals surface area (Å²) in [4.78, 5) is 12.8. The number of nitrogens with one attached hydrogen (secondary N) is 1. The van der Waals surface area contributed by atoms with E-state index in [1.807, 2.05) is 52.0 Å². The highest BCUT2D eigenvalue weighted by Gasteiger charge is 2.15. The maximum absolute atomic E-state index is 12.8. The third-order valence-corrected chi connectivity index (χ3v) is 5.15. The summed E-state index contributed by atoms with van der Waals surface area (Å²) in [5.41, 5.74) is 7.91. The molecule has 0 aliphatic carbocycles. The summed E-state index contributed by atoms with van der Waals surface area (Å²) in [6, 6.07) is 18.2. The molecule has 0 aliphatic heterocycles. The number of hydrogen-bond acceptors (Lipinski definition) is 2. The molecule has 1 heterocycles. The van der Waals surface area contributed by atoms with E-state index in [-0.39, 0.29) is 5.57 Å². The molecule has 0 saturated heterocycles. The number of nitrogens with zero attached hydrogens (tertiary/aromatic N) is 2. The molecule has 0 atom stereocenters. The van der Waals surface area contributed by atoms with E-state index in [2.05, 4.69) is 47.1 Å². The van der Waals surface area contributed by atoms with Gasteiger partial charge in [-0.1, -0.05) is 35.9 Å². The van der Waals surface area contributed by atoms with Gasteiger partial charge < -0.3 is 9.88 Å². The molecule has 0 unspecified atom stereocenters. The number of amides is 1. The highest BCUT2D eigenvalue weighted by atomic mass is 16.1. The topological polar surface area (TPSA) is 57.8 Å². The Morgan fingerprint density at radius 2 is 1.62 bits per heavy atom. The van der Waals surface area contributed by atoms with Crippen molar-refractivity contribution < 1.29 is 4.79 Å². The molecule has 4 heteroatoms. The van der Waals surface area contributed by atoms with Crippen LogP contribution in [0, 0.1) is 45.9 Å². The highest BCUT2D eigenvalue weighted by Crippen LogP contribution is 2.24. The molecular weight excluding hydrogens is 358 g/mol. The SMILES string of the molecule is Cc1ccc(-n2c(C)cc(C=C(C#N)C(=O)Nc3c(C)cccc3C)c2C)cc1. The summed E-state index contributed by atoms with van der Waals surface area (Å²) in [6.07, 6.45) is 1.66. The molecule has 3 aromatic rings. The minimum Gasteiger partial charge on any atom is -0.321 e. The van der Waals surface area contributed by atoms with Crippen molar-refractivity contribution in [2.75, 3.05) is 5.32 Å². The Hall–Kier alpha value is -3.58. The van der Waals surface area contributed by atoms with Gasteiger partial charge in [0, 0.05) is 22.8 Å². The van der Waals surface area contributed by atoms with Gasteiger partial charge in [0.15, 0.2) is 0 Å². The van der Waals surface area contributed by atoms with Gasteiger partial charge in [-0.2, -0.15) is 5.26 Å². The highest BCUT2D eigenvalue weighted by molar-refractivity contribution is 6.10. The van der Waals surface area contributed by atoms with Crippen LogP contribution in [0.1, 0.15) is 33.6 Å². The first-order valence-electron chi connectivity index (χ1n) is 9.57. The van der Waals surface area contributed by atoms with Crippen molar-refractivity contribution in [3.05, 3.63) is 87.7 Å². The minimum atomic E-state index is -0.398. The summed E-state index contributed by atoms with van der Waals surface area (Å²) >= 11 is 0. The number of rotatable bonds is 4. The Balaban J connectivity index is 1.96. The van der Waals surface area contributed by atoms with Crippen molar-refractivity contribution in [3.63, 3.8) is 0 Å². The fourth-order valence-electron chi connectivity index (χ4n) is 3.52. The molecule has 0 saturated carbocycles. The molecule has 1 aromatic heterocycles. The molecule has 0 aliphatic rings. The van der Waals surface area contributed by atoms with Crippen LogP contribution in [0.15, 0.2) is 54.1 Å².